The van der Waals surface area contributed by atoms with Crippen LogP contribution in [0.3, 0.4) is 0 Å². The van der Waals surface area contributed by atoms with Crippen molar-refractivity contribution in [3.05, 3.63) is 36.6 Å². The molecule has 1 aliphatic rings. The van der Waals surface area contributed by atoms with E-state index in [9.17, 15) is 4.79 Å². The molecule has 0 aliphatic carbocycles. The quantitative estimate of drug-likeness (QED) is 0.504. The second-order valence-corrected chi connectivity index (χ2v) is 8.66. The molecule has 4 nitrogen and oxygen atoms in total. The lowest BCUT2D eigenvalue weighted by molar-refractivity contribution is -0.136. The van der Waals surface area contributed by atoms with E-state index in [2.05, 4.69) is 44.1 Å². The van der Waals surface area contributed by atoms with Crippen molar-refractivity contribution in [2.24, 2.45) is 5.41 Å². The van der Waals surface area contributed by atoms with E-state index in [-0.39, 0.29) is 6.42 Å². The Morgan fingerprint density at radius 1 is 1.15 bits per heavy atom. The summed E-state index contributed by atoms with van der Waals surface area (Å²) in [7, 11) is 0. The first-order valence-electron chi connectivity index (χ1n) is 9.33. The Balaban J connectivity index is 0. The first-order chi connectivity index (χ1) is 11.7. The van der Waals surface area contributed by atoms with E-state index in [0.717, 1.165) is 24.4 Å². The summed E-state index contributed by atoms with van der Waals surface area (Å²) in [5.74, 6) is -0.756. The molecular formula is C22H41NO3. The Labute approximate surface area is 161 Å². The molecule has 0 saturated carbocycles. The Morgan fingerprint density at radius 2 is 1.58 bits per heavy atom. The van der Waals surface area contributed by atoms with Gasteiger partial charge in [0.2, 0.25) is 0 Å². The lowest BCUT2D eigenvalue weighted by Gasteiger charge is -2.38. The lowest BCUT2D eigenvalue weighted by atomic mass is 9.82. The number of nitrogens with zero attached hydrogens (tertiary/aromatic N) is 1. The van der Waals surface area contributed by atoms with Gasteiger partial charge in [0.15, 0.2) is 0 Å². The van der Waals surface area contributed by atoms with Gasteiger partial charge >= 0.3 is 5.97 Å². The van der Waals surface area contributed by atoms with Crippen molar-refractivity contribution >= 4 is 5.97 Å². The fraction of sp³-hybridized carbons (Fsp3) is 0.682. The fourth-order valence-electron chi connectivity index (χ4n) is 2.02. The summed E-state index contributed by atoms with van der Waals surface area (Å²) < 4.78 is 0. The minimum Gasteiger partial charge on any atom is -0.481 e. The molecule has 152 valence electrons. The molecule has 1 fully saturated rings. The average molecular weight is 368 g/mol. The van der Waals surface area contributed by atoms with Gasteiger partial charge in [-0.3, -0.25) is 4.79 Å². The van der Waals surface area contributed by atoms with Crippen LogP contribution < -0.4 is 0 Å². The second-order valence-electron chi connectivity index (χ2n) is 8.66. The van der Waals surface area contributed by atoms with Crippen molar-refractivity contribution in [2.45, 2.75) is 79.8 Å². The molecule has 0 aromatic heterocycles. The minimum atomic E-state index is -0.756. The Hall–Kier alpha value is -1.55. The van der Waals surface area contributed by atoms with Crippen LogP contribution in [0, 0.1) is 5.41 Å². The lowest BCUT2D eigenvalue weighted by Crippen LogP contribution is -2.36. The van der Waals surface area contributed by atoms with Gasteiger partial charge in [0, 0.05) is 25.2 Å². The number of likely N-dealkylation sites (tertiary alicyclic amines) is 1. The second kappa shape index (κ2) is 12.7. The van der Waals surface area contributed by atoms with Gasteiger partial charge in [-0.1, -0.05) is 32.1 Å². The highest BCUT2D eigenvalue weighted by Gasteiger charge is 2.24. The molecule has 1 rings (SSSR count). The number of hydrogen-bond donors (Lipinski definition) is 2. The predicted octanol–water partition coefficient (Wildman–Crippen LogP) is 5.40. The van der Waals surface area contributed by atoms with Crippen LogP contribution in [-0.4, -0.2) is 39.8 Å². The molecule has 26 heavy (non-hydrogen) atoms. The summed E-state index contributed by atoms with van der Waals surface area (Å²) >= 11 is 0. The SMILES string of the molecule is C=C(/C=C\C)N1CCC(C)(C)CC1.C=C(C)CCC(=O)O.CC(C)(C)O. The topological polar surface area (TPSA) is 60.8 Å². The Kier molecular flexibility index (Phi) is 13.1. The molecule has 1 aliphatic heterocycles. The molecule has 1 heterocycles. The van der Waals surface area contributed by atoms with Gasteiger partial charge in [-0.2, -0.15) is 0 Å². The van der Waals surface area contributed by atoms with Crippen LogP contribution in [0.5, 0.6) is 0 Å². The molecule has 0 spiro atoms. The summed E-state index contributed by atoms with van der Waals surface area (Å²) in [5.41, 5.74) is 2.12. The largest absolute Gasteiger partial charge is 0.481 e. The summed E-state index contributed by atoms with van der Waals surface area (Å²) in [6.07, 6.45) is 7.51. The van der Waals surface area contributed by atoms with Crippen molar-refractivity contribution < 1.29 is 15.0 Å². The molecule has 0 amide bonds. The van der Waals surface area contributed by atoms with Gasteiger partial charge in [0.25, 0.3) is 0 Å². The van der Waals surface area contributed by atoms with Crippen molar-refractivity contribution in [1.29, 1.82) is 0 Å². The molecule has 0 aromatic carbocycles. The molecule has 4 heteroatoms. The van der Waals surface area contributed by atoms with E-state index in [4.69, 9.17) is 10.2 Å². The average Bonchev–Trinajstić information content (AvgIpc) is 2.44. The number of carbonyl (C=O) groups is 1. The van der Waals surface area contributed by atoms with Gasteiger partial charge in [-0.05, 0) is 65.4 Å². The van der Waals surface area contributed by atoms with Crippen LogP contribution in [0.1, 0.15) is 74.1 Å². The Bertz CT molecular complexity index is 440. The van der Waals surface area contributed by atoms with Crippen molar-refractivity contribution in [3.63, 3.8) is 0 Å². The van der Waals surface area contributed by atoms with Gasteiger partial charge < -0.3 is 15.1 Å². The number of aliphatic carboxylic acids is 1. The van der Waals surface area contributed by atoms with E-state index in [1.807, 2.05) is 13.8 Å². The van der Waals surface area contributed by atoms with Crippen LogP contribution in [0.2, 0.25) is 0 Å². The summed E-state index contributed by atoms with van der Waals surface area (Å²) in [5, 5.41) is 16.6. The number of aliphatic hydroxyl groups is 1. The van der Waals surface area contributed by atoms with Crippen molar-refractivity contribution in [2.75, 3.05) is 13.1 Å². The maximum atomic E-state index is 9.86. The molecular weight excluding hydrogens is 326 g/mol. The highest BCUT2D eigenvalue weighted by atomic mass is 16.4. The molecule has 0 unspecified atom stereocenters. The summed E-state index contributed by atoms with van der Waals surface area (Å²) in [6, 6.07) is 0. The van der Waals surface area contributed by atoms with Crippen LogP contribution >= 0.6 is 0 Å². The predicted molar refractivity (Wildman–Crippen MR) is 112 cm³/mol. The molecule has 0 atom stereocenters. The van der Waals surface area contributed by atoms with Gasteiger partial charge in [-0.15, -0.1) is 6.58 Å². The van der Waals surface area contributed by atoms with E-state index < -0.39 is 11.6 Å². The molecule has 0 radical (unpaired) electrons. The maximum absolute atomic E-state index is 9.86. The number of rotatable bonds is 5. The summed E-state index contributed by atoms with van der Waals surface area (Å²) in [4.78, 5) is 12.2. The van der Waals surface area contributed by atoms with E-state index in [1.165, 1.54) is 12.8 Å². The van der Waals surface area contributed by atoms with Crippen LogP contribution in [-0.2, 0) is 4.79 Å². The van der Waals surface area contributed by atoms with Gasteiger partial charge in [-0.25, -0.2) is 0 Å². The third kappa shape index (κ3) is 20.5. The van der Waals surface area contributed by atoms with Gasteiger partial charge in [0.05, 0.1) is 5.60 Å². The number of carboxylic acids is 1. The zero-order chi connectivity index (χ0) is 21.0. The highest BCUT2D eigenvalue weighted by molar-refractivity contribution is 5.66. The highest BCUT2D eigenvalue weighted by Crippen LogP contribution is 2.30. The minimum absolute atomic E-state index is 0.204. The third-order valence-electron chi connectivity index (χ3n) is 3.65. The smallest absolute Gasteiger partial charge is 0.303 e. The van der Waals surface area contributed by atoms with E-state index in [1.54, 1.807) is 20.8 Å². The molecule has 0 bridgehead atoms. The standard InChI is InChI=1S/C12H21N.C6H10O2.C4H10O/c1-5-6-11(2)13-9-7-12(3,4)8-10-13;1-5(2)3-4-6(7)8;1-4(2,3)5/h5-6H,2,7-10H2,1,3-4H3;1,3-4H2,2H3,(H,7,8);5H,1-3H3/b6-5-;;. The van der Waals surface area contributed by atoms with Crippen LogP contribution in [0.4, 0.5) is 0 Å². The van der Waals surface area contributed by atoms with E-state index >= 15 is 0 Å². The number of carboxylic acid groups (broad SMARTS) is 1. The summed E-state index contributed by atoms with van der Waals surface area (Å²) in [6.45, 7) is 23.7. The number of piperidine rings is 1. The zero-order valence-electron chi connectivity index (χ0n) is 18.1. The molecule has 1 saturated heterocycles. The van der Waals surface area contributed by atoms with E-state index in [0.29, 0.717) is 11.8 Å². The maximum Gasteiger partial charge on any atom is 0.303 e. The fourth-order valence-corrected chi connectivity index (χ4v) is 2.02. The van der Waals surface area contributed by atoms with Crippen LogP contribution in [0.25, 0.3) is 0 Å². The monoisotopic (exact) mass is 367 g/mol. The number of hydrogen-bond acceptors (Lipinski definition) is 3. The Morgan fingerprint density at radius 3 is 1.85 bits per heavy atom. The van der Waals surface area contributed by atoms with Crippen LogP contribution in [0.15, 0.2) is 36.6 Å². The normalized spacial score (nSPS) is 16.1. The zero-order valence-corrected chi connectivity index (χ0v) is 18.1. The van der Waals surface area contributed by atoms with Crippen molar-refractivity contribution in [3.8, 4) is 0 Å². The van der Waals surface area contributed by atoms with Gasteiger partial charge in [0.1, 0.15) is 0 Å². The first kappa shape index (κ1) is 26.7. The van der Waals surface area contributed by atoms with Crippen molar-refractivity contribution in [1.82, 2.24) is 4.90 Å². The first-order valence-corrected chi connectivity index (χ1v) is 9.33. The molecule has 0 aromatic rings. The third-order valence-corrected chi connectivity index (χ3v) is 3.65. The molecule has 2 N–H and O–H groups in total. The number of allylic oxidation sites excluding steroid dienone is 3.